The van der Waals surface area contributed by atoms with Gasteiger partial charge in [-0.3, -0.25) is 4.79 Å². The fourth-order valence-electron chi connectivity index (χ4n) is 3.32. The van der Waals surface area contributed by atoms with Crippen LogP contribution in [-0.4, -0.2) is 39.8 Å². The number of aryl methyl sites for hydroxylation is 1. The lowest BCUT2D eigenvalue weighted by atomic mass is 10.1. The largest absolute Gasteiger partial charge is 0.394 e. The van der Waals surface area contributed by atoms with E-state index in [4.69, 9.17) is 14.2 Å². The lowest BCUT2D eigenvalue weighted by molar-refractivity contribution is -0.199. The van der Waals surface area contributed by atoms with Gasteiger partial charge in [-0.2, -0.15) is 0 Å². The quantitative estimate of drug-likeness (QED) is 0.905. The number of benzene rings is 1. The number of aliphatic hydroxyl groups is 1. The summed E-state index contributed by atoms with van der Waals surface area (Å²) in [5.41, 5.74) is 0.948. The van der Waals surface area contributed by atoms with E-state index in [0.29, 0.717) is 5.39 Å². The molecule has 0 radical (unpaired) electrons. The lowest BCUT2D eigenvalue weighted by Gasteiger charge is -2.23. The first-order chi connectivity index (χ1) is 10.9. The van der Waals surface area contributed by atoms with Crippen LogP contribution in [0.1, 0.15) is 25.6 Å². The van der Waals surface area contributed by atoms with Crippen LogP contribution in [0.2, 0.25) is 0 Å². The fourth-order valence-corrected chi connectivity index (χ4v) is 4.36. The van der Waals surface area contributed by atoms with Crippen LogP contribution in [0.5, 0.6) is 0 Å². The number of fused-ring (bicyclic) bond motifs is 2. The predicted molar refractivity (Wildman–Crippen MR) is 85.6 cm³/mol. The van der Waals surface area contributed by atoms with Gasteiger partial charge in [-0.05, 0) is 32.9 Å². The summed E-state index contributed by atoms with van der Waals surface area (Å²) in [5, 5.41) is 10.2. The molecule has 1 aromatic heterocycles. The Hall–Kier alpha value is -1.25. The molecule has 2 aliphatic rings. The van der Waals surface area contributed by atoms with E-state index in [2.05, 4.69) is 0 Å². The summed E-state index contributed by atoms with van der Waals surface area (Å²) in [4.78, 5) is 12.7. The van der Waals surface area contributed by atoms with Gasteiger partial charge in [0, 0.05) is 0 Å². The van der Waals surface area contributed by atoms with E-state index >= 15 is 0 Å². The first-order valence-corrected chi connectivity index (χ1v) is 8.41. The van der Waals surface area contributed by atoms with Gasteiger partial charge in [0.2, 0.25) is 0 Å². The molecule has 2 fully saturated rings. The first kappa shape index (κ1) is 15.3. The van der Waals surface area contributed by atoms with Crippen LogP contribution in [-0.2, 0) is 14.2 Å². The van der Waals surface area contributed by atoms with Gasteiger partial charge >= 0.3 is 0 Å². The molecule has 0 bridgehead atoms. The number of aromatic nitrogens is 1. The van der Waals surface area contributed by atoms with Gasteiger partial charge in [0.1, 0.15) is 18.3 Å². The van der Waals surface area contributed by atoms with Gasteiger partial charge < -0.3 is 19.3 Å². The summed E-state index contributed by atoms with van der Waals surface area (Å²) in [6, 6.07) is 5.81. The van der Waals surface area contributed by atoms with Crippen LogP contribution in [0.15, 0.2) is 23.0 Å². The van der Waals surface area contributed by atoms with Crippen molar-refractivity contribution in [1.29, 1.82) is 0 Å². The molecule has 124 valence electrons. The minimum atomic E-state index is -0.748. The Kier molecular flexibility index (Phi) is 3.40. The monoisotopic (exact) mass is 337 g/mol. The van der Waals surface area contributed by atoms with Crippen molar-refractivity contribution in [1.82, 2.24) is 3.96 Å². The number of rotatable bonds is 2. The second-order valence-electron chi connectivity index (χ2n) is 6.53. The Labute approximate surface area is 137 Å². The van der Waals surface area contributed by atoms with Crippen LogP contribution in [0.3, 0.4) is 0 Å². The topological polar surface area (TPSA) is 69.9 Å². The Morgan fingerprint density at radius 3 is 2.78 bits per heavy atom. The van der Waals surface area contributed by atoms with E-state index in [1.807, 2.05) is 39.0 Å². The summed E-state index contributed by atoms with van der Waals surface area (Å²) in [7, 11) is 0. The molecule has 1 N–H and O–H groups in total. The van der Waals surface area contributed by atoms with Crippen LogP contribution in [0.25, 0.3) is 10.1 Å². The molecule has 2 saturated heterocycles. The molecule has 2 aliphatic heterocycles. The second-order valence-corrected chi connectivity index (χ2v) is 7.55. The molecule has 7 heteroatoms. The van der Waals surface area contributed by atoms with E-state index in [1.165, 1.54) is 11.5 Å². The molecule has 3 heterocycles. The second kappa shape index (κ2) is 5.12. The van der Waals surface area contributed by atoms with Crippen molar-refractivity contribution < 1.29 is 19.3 Å². The third-order valence-corrected chi connectivity index (χ3v) is 5.42. The summed E-state index contributed by atoms with van der Waals surface area (Å²) in [6.07, 6.45) is -1.86. The molecular weight excluding hydrogens is 318 g/mol. The van der Waals surface area contributed by atoms with E-state index in [0.717, 1.165) is 10.3 Å². The van der Waals surface area contributed by atoms with Crippen molar-refractivity contribution in [3.8, 4) is 0 Å². The summed E-state index contributed by atoms with van der Waals surface area (Å²) < 4.78 is 20.2. The minimum absolute atomic E-state index is 0.0932. The van der Waals surface area contributed by atoms with Crippen molar-refractivity contribution in [3.05, 3.63) is 34.1 Å². The Balaban J connectivity index is 1.78. The van der Waals surface area contributed by atoms with Crippen LogP contribution in [0.4, 0.5) is 0 Å². The third-order valence-electron chi connectivity index (χ3n) is 4.30. The predicted octanol–water partition coefficient (Wildman–Crippen LogP) is 1.78. The van der Waals surface area contributed by atoms with Gasteiger partial charge in [-0.25, -0.2) is 3.96 Å². The zero-order chi connectivity index (χ0) is 16.4. The van der Waals surface area contributed by atoms with E-state index in [9.17, 15) is 9.90 Å². The molecular formula is C16H19NO5S. The molecule has 0 unspecified atom stereocenters. The Morgan fingerprint density at radius 2 is 2.04 bits per heavy atom. The fraction of sp³-hybridized carbons (Fsp3) is 0.562. The number of ether oxygens (including phenoxy) is 3. The van der Waals surface area contributed by atoms with Crippen LogP contribution in [0, 0.1) is 6.92 Å². The zero-order valence-electron chi connectivity index (χ0n) is 13.2. The van der Waals surface area contributed by atoms with Crippen molar-refractivity contribution >= 4 is 21.6 Å². The number of hydrogen-bond donors (Lipinski definition) is 1. The van der Waals surface area contributed by atoms with Crippen molar-refractivity contribution in [2.24, 2.45) is 0 Å². The molecule has 4 atom stereocenters. The van der Waals surface area contributed by atoms with Gasteiger partial charge in [-0.1, -0.05) is 23.2 Å². The maximum Gasteiger partial charge on any atom is 0.270 e. The van der Waals surface area contributed by atoms with E-state index in [1.54, 1.807) is 3.96 Å². The minimum Gasteiger partial charge on any atom is -0.394 e. The average molecular weight is 337 g/mol. The van der Waals surface area contributed by atoms with Gasteiger partial charge in [0.05, 0.1) is 16.7 Å². The molecule has 6 nitrogen and oxygen atoms in total. The number of aliphatic hydroxyl groups excluding tert-OH is 1. The van der Waals surface area contributed by atoms with E-state index < -0.39 is 24.2 Å². The van der Waals surface area contributed by atoms with Gasteiger partial charge in [0.15, 0.2) is 12.0 Å². The van der Waals surface area contributed by atoms with Crippen molar-refractivity contribution in [3.63, 3.8) is 0 Å². The Morgan fingerprint density at radius 1 is 1.30 bits per heavy atom. The van der Waals surface area contributed by atoms with Crippen molar-refractivity contribution in [2.45, 2.75) is 51.1 Å². The summed E-state index contributed by atoms with van der Waals surface area (Å²) in [6.45, 7) is 5.44. The average Bonchev–Trinajstić information content (AvgIpc) is 3.08. The molecule has 1 aromatic carbocycles. The van der Waals surface area contributed by atoms with E-state index in [-0.39, 0.29) is 18.3 Å². The number of nitrogens with zero attached hydrogens (tertiary/aromatic N) is 1. The molecule has 0 amide bonds. The molecule has 2 aromatic rings. The van der Waals surface area contributed by atoms with Gasteiger partial charge in [0.25, 0.3) is 5.56 Å². The molecule has 23 heavy (non-hydrogen) atoms. The van der Waals surface area contributed by atoms with Crippen molar-refractivity contribution in [2.75, 3.05) is 6.61 Å². The highest BCUT2D eigenvalue weighted by molar-refractivity contribution is 7.13. The molecule has 0 saturated carbocycles. The Bertz CT molecular complexity index is 810. The highest BCUT2D eigenvalue weighted by atomic mass is 32.1. The zero-order valence-corrected chi connectivity index (χ0v) is 14.0. The first-order valence-electron chi connectivity index (χ1n) is 7.64. The smallest absolute Gasteiger partial charge is 0.270 e. The lowest BCUT2D eigenvalue weighted by Crippen LogP contribution is -2.31. The standard InChI is InChI=1S/C16H19NO5S/c1-8-4-5-11-9(6-8)14(19)17(23-11)15-13-12(10(7-18)20-15)21-16(2,3)22-13/h4-6,10,12-13,15,18H,7H2,1-3H3/t10-,12-,13-,15-/m1/s1. The highest BCUT2D eigenvalue weighted by Crippen LogP contribution is 2.43. The SMILES string of the molecule is Cc1ccc2sn([C@@H]3O[C@H](CO)[C@H]4OC(C)(C)O[C@H]43)c(=O)c2c1. The van der Waals surface area contributed by atoms with Crippen LogP contribution < -0.4 is 5.56 Å². The summed E-state index contributed by atoms with van der Waals surface area (Å²) >= 11 is 1.35. The molecule has 0 aliphatic carbocycles. The molecule has 4 rings (SSSR count). The maximum atomic E-state index is 12.7. The normalized spacial score (nSPS) is 32.5. The van der Waals surface area contributed by atoms with Crippen LogP contribution >= 0.6 is 11.5 Å². The molecule has 0 spiro atoms. The third kappa shape index (κ3) is 2.35. The van der Waals surface area contributed by atoms with Gasteiger partial charge in [-0.15, -0.1) is 0 Å². The highest BCUT2D eigenvalue weighted by Gasteiger charge is 2.56. The number of hydrogen-bond acceptors (Lipinski definition) is 6. The maximum absolute atomic E-state index is 12.7. The summed E-state index contributed by atoms with van der Waals surface area (Å²) in [5.74, 6) is -0.748.